The van der Waals surface area contributed by atoms with Crippen LogP contribution in [-0.2, 0) is 21.3 Å². The first-order chi connectivity index (χ1) is 8.30. The summed E-state index contributed by atoms with van der Waals surface area (Å²) in [5, 5.41) is 11.0. The maximum Gasteiger partial charge on any atom is 0.295 e. The Kier molecular flexibility index (Phi) is 3.58. The van der Waals surface area contributed by atoms with Gasteiger partial charge in [0.15, 0.2) is 0 Å². The lowest BCUT2D eigenvalue weighted by atomic mass is 10.1. The van der Waals surface area contributed by atoms with Crippen LogP contribution in [0.1, 0.15) is 5.56 Å². The van der Waals surface area contributed by atoms with Gasteiger partial charge in [-0.05, 0) is 34.7 Å². The third-order valence-corrected chi connectivity index (χ3v) is 4.29. The number of hydrogen-bond acceptors (Lipinski definition) is 5. The molecule has 1 fully saturated rings. The fourth-order valence-electron chi connectivity index (χ4n) is 1.64. The summed E-state index contributed by atoms with van der Waals surface area (Å²) in [6, 6.07) is 2.46. The van der Waals surface area contributed by atoms with Crippen molar-refractivity contribution in [2.45, 2.75) is 17.4 Å². The SMILES string of the molecule is O=[N+]([O-])c1c(I)ccc(S(=O)(=O)O)c1CC1CO1. The minimum atomic E-state index is -4.49. The first-order valence-electron chi connectivity index (χ1n) is 4.85. The molecule has 0 aliphatic carbocycles. The lowest BCUT2D eigenvalue weighted by Gasteiger charge is -2.08. The molecule has 1 N–H and O–H groups in total. The lowest BCUT2D eigenvalue weighted by Crippen LogP contribution is -2.10. The highest BCUT2D eigenvalue weighted by Crippen LogP contribution is 2.33. The van der Waals surface area contributed by atoms with E-state index in [9.17, 15) is 18.5 Å². The average Bonchev–Trinajstić information content (AvgIpc) is 2.99. The molecule has 1 atom stereocenters. The molecule has 2 rings (SSSR count). The molecule has 1 aromatic rings. The third kappa shape index (κ3) is 2.79. The number of halogens is 1. The largest absolute Gasteiger partial charge is 0.373 e. The molecular weight excluding hydrogens is 377 g/mol. The molecule has 0 amide bonds. The van der Waals surface area contributed by atoms with E-state index in [1.807, 2.05) is 0 Å². The number of hydrogen-bond donors (Lipinski definition) is 1. The van der Waals surface area contributed by atoms with Crippen LogP contribution in [0, 0.1) is 13.7 Å². The van der Waals surface area contributed by atoms with E-state index in [0.29, 0.717) is 10.2 Å². The van der Waals surface area contributed by atoms with Crippen LogP contribution in [0.25, 0.3) is 0 Å². The fourth-order valence-corrected chi connectivity index (χ4v) is 3.07. The summed E-state index contributed by atoms with van der Waals surface area (Å²) in [6.45, 7) is 0.438. The molecule has 1 aliphatic heterocycles. The van der Waals surface area contributed by atoms with Crippen LogP contribution >= 0.6 is 22.6 Å². The van der Waals surface area contributed by atoms with Crippen molar-refractivity contribution < 1.29 is 22.6 Å². The van der Waals surface area contributed by atoms with Crippen molar-refractivity contribution in [1.82, 2.24) is 0 Å². The summed E-state index contributed by atoms with van der Waals surface area (Å²) in [4.78, 5) is 9.94. The van der Waals surface area contributed by atoms with Crippen molar-refractivity contribution in [3.8, 4) is 0 Å². The number of ether oxygens (including phenoxy) is 1. The highest BCUT2D eigenvalue weighted by molar-refractivity contribution is 14.1. The molecular formula is C9H8INO6S. The Morgan fingerprint density at radius 3 is 2.61 bits per heavy atom. The van der Waals surface area contributed by atoms with Crippen LogP contribution < -0.4 is 0 Å². The topological polar surface area (TPSA) is 110 Å². The second-order valence-electron chi connectivity index (χ2n) is 3.76. The molecule has 0 bridgehead atoms. The number of benzene rings is 1. The van der Waals surface area contributed by atoms with Gasteiger partial charge in [-0.15, -0.1) is 0 Å². The molecule has 7 nitrogen and oxygen atoms in total. The minimum Gasteiger partial charge on any atom is -0.373 e. The Hall–Kier alpha value is -0.780. The van der Waals surface area contributed by atoms with Gasteiger partial charge in [-0.3, -0.25) is 14.7 Å². The molecule has 1 saturated heterocycles. The Labute approximate surface area is 116 Å². The maximum atomic E-state index is 11.2. The van der Waals surface area contributed by atoms with E-state index in [4.69, 9.17) is 9.29 Å². The maximum absolute atomic E-state index is 11.2. The molecule has 1 aliphatic rings. The van der Waals surface area contributed by atoms with Crippen molar-refractivity contribution in [2.75, 3.05) is 6.61 Å². The highest BCUT2D eigenvalue weighted by atomic mass is 127. The van der Waals surface area contributed by atoms with Gasteiger partial charge >= 0.3 is 0 Å². The van der Waals surface area contributed by atoms with Crippen LogP contribution in [0.5, 0.6) is 0 Å². The van der Waals surface area contributed by atoms with Gasteiger partial charge in [-0.1, -0.05) is 0 Å². The van der Waals surface area contributed by atoms with E-state index < -0.39 is 19.9 Å². The molecule has 1 unspecified atom stereocenters. The summed E-state index contributed by atoms with van der Waals surface area (Å²) in [7, 11) is -4.49. The smallest absolute Gasteiger partial charge is 0.295 e. The summed E-state index contributed by atoms with van der Waals surface area (Å²) in [5.74, 6) is 0. The predicted molar refractivity (Wildman–Crippen MR) is 69.1 cm³/mol. The van der Waals surface area contributed by atoms with Gasteiger partial charge in [-0.25, -0.2) is 0 Å². The van der Waals surface area contributed by atoms with E-state index in [-0.39, 0.29) is 23.8 Å². The van der Waals surface area contributed by atoms with Crippen molar-refractivity contribution in [3.05, 3.63) is 31.4 Å². The van der Waals surface area contributed by atoms with Crippen LogP contribution in [0.2, 0.25) is 0 Å². The van der Waals surface area contributed by atoms with E-state index in [2.05, 4.69) is 0 Å². The van der Waals surface area contributed by atoms with E-state index >= 15 is 0 Å². The molecule has 0 aromatic heterocycles. The lowest BCUT2D eigenvalue weighted by molar-refractivity contribution is -0.386. The van der Waals surface area contributed by atoms with Crippen LogP contribution in [-0.4, -0.2) is 30.6 Å². The van der Waals surface area contributed by atoms with Crippen molar-refractivity contribution in [1.29, 1.82) is 0 Å². The standard InChI is InChI=1S/C9H8INO6S/c10-7-1-2-8(18(14,15)16)6(3-5-4-17-5)9(7)11(12)13/h1-2,5H,3-4H2,(H,14,15,16). The number of nitro groups is 1. The molecule has 1 heterocycles. The Morgan fingerprint density at radius 1 is 1.56 bits per heavy atom. The molecule has 1 aromatic carbocycles. The summed E-state index contributed by atoms with van der Waals surface area (Å²) >= 11 is 1.75. The molecule has 9 heteroatoms. The molecule has 0 spiro atoms. The number of epoxide rings is 1. The van der Waals surface area contributed by atoms with Crippen LogP contribution in [0.15, 0.2) is 17.0 Å². The summed E-state index contributed by atoms with van der Waals surface area (Å²) in [6.07, 6.45) is -0.121. The quantitative estimate of drug-likeness (QED) is 0.276. The zero-order valence-electron chi connectivity index (χ0n) is 8.87. The van der Waals surface area contributed by atoms with Gasteiger partial charge in [0.25, 0.3) is 15.8 Å². The summed E-state index contributed by atoms with van der Waals surface area (Å²) < 4.78 is 36.8. The van der Waals surface area contributed by atoms with Gasteiger partial charge in [0, 0.05) is 6.42 Å². The van der Waals surface area contributed by atoms with Crippen molar-refractivity contribution in [2.24, 2.45) is 0 Å². The van der Waals surface area contributed by atoms with E-state index in [0.717, 1.165) is 0 Å². The predicted octanol–water partition coefficient (Wildman–Crippen LogP) is 1.39. The van der Waals surface area contributed by atoms with Crippen molar-refractivity contribution in [3.63, 3.8) is 0 Å². The molecule has 0 radical (unpaired) electrons. The molecule has 18 heavy (non-hydrogen) atoms. The van der Waals surface area contributed by atoms with E-state index in [1.165, 1.54) is 12.1 Å². The first kappa shape index (κ1) is 13.6. The van der Waals surface area contributed by atoms with Gasteiger partial charge in [0.1, 0.15) is 4.90 Å². The Balaban J connectivity index is 2.66. The second kappa shape index (κ2) is 4.72. The second-order valence-corrected chi connectivity index (χ2v) is 6.32. The fraction of sp³-hybridized carbons (Fsp3) is 0.333. The Bertz CT molecular complexity index is 610. The van der Waals surface area contributed by atoms with Gasteiger partial charge in [0.05, 0.1) is 26.8 Å². The number of rotatable bonds is 4. The van der Waals surface area contributed by atoms with Gasteiger partial charge in [-0.2, -0.15) is 8.42 Å². The average molecular weight is 385 g/mol. The Morgan fingerprint density at radius 2 is 2.17 bits per heavy atom. The monoisotopic (exact) mass is 385 g/mol. The van der Waals surface area contributed by atoms with E-state index in [1.54, 1.807) is 22.6 Å². The van der Waals surface area contributed by atoms with Gasteiger partial charge < -0.3 is 4.74 Å². The number of nitro benzene ring substituents is 1. The zero-order chi connectivity index (χ0) is 13.5. The van der Waals surface area contributed by atoms with Crippen LogP contribution in [0.4, 0.5) is 5.69 Å². The zero-order valence-corrected chi connectivity index (χ0v) is 11.8. The third-order valence-electron chi connectivity index (χ3n) is 2.49. The molecule has 98 valence electrons. The normalized spacial score (nSPS) is 18.7. The minimum absolute atomic E-state index is 0.00287. The van der Waals surface area contributed by atoms with Crippen molar-refractivity contribution >= 4 is 38.4 Å². The highest BCUT2D eigenvalue weighted by Gasteiger charge is 2.33. The summed E-state index contributed by atoms with van der Waals surface area (Å²) in [5.41, 5.74) is -0.293. The molecule has 0 saturated carbocycles. The van der Waals surface area contributed by atoms with Gasteiger partial charge in [0.2, 0.25) is 0 Å². The first-order valence-corrected chi connectivity index (χ1v) is 7.37. The van der Waals surface area contributed by atoms with Crippen LogP contribution in [0.3, 0.4) is 0 Å². The number of nitrogens with zero attached hydrogens (tertiary/aromatic N) is 1.